The van der Waals surface area contributed by atoms with Gasteiger partial charge in [-0.25, -0.2) is 4.39 Å². The average Bonchev–Trinajstić information content (AvgIpc) is 2.37. The number of anilines is 1. The molecular weight excluding hydrogens is 215 g/mol. The fourth-order valence-corrected chi connectivity index (χ4v) is 2.22. The van der Waals surface area contributed by atoms with Crippen molar-refractivity contribution in [2.24, 2.45) is 5.73 Å². The molecule has 3 heteroatoms. The van der Waals surface area contributed by atoms with E-state index in [9.17, 15) is 4.39 Å². The predicted octanol–water partition coefficient (Wildman–Crippen LogP) is 2.79. The van der Waals surface area contributed by atoms with Gasteiger partial charge in [0.25, 0.3) is 0 Å². The Kier molecular flexibility index (Phi) is 4.15. The molecule has 1 aromatic carbocycles. The first-order valence-corrected chi connectivity index (χ1v) is 6.22. The second-order valence-corrected chi connectivity index (χ2v) is 4.40. The third-order valence-electron chi connectivity index (χ3n) is 3.11. The molecule has 0 aliphatic carbocycles. The number of benzene rings is 1. The Bertz CT molecular complexity index is 395. The zero-order valence-electron chi connectivity index (χ0n) is 10.0. The summed E-state index contributed by atoms with van der Waals surface area (Å²) in [5.74, 6) is -0.133. The summed E-state index contributed by atoms with van der Waals surface area (Å²) < 4.78 is 14.0. The largest absolute Gasteiger partial charge is 0.369 e. The van der Waals surface area contributed by atoms with Crippen LogP contribution in [-0.4, -0.2) is 19.6 Å². The molecule has 2 nitrogen and oxygen atoms in total. The Labute approximate surface area is 102 Å². The van der Waals surface area contributed by atoms with Crippen LogP contribution in [0.2, 0.25) is 0 Å². The smallest absolute Gasteiger partial charge is 0.147 e. The first-order chi connectivity index (χ1) is 8.31. The van der Waals surface area contributed by atoms with E-state index in [1.165, 1.54) is 6.42 Å². The zero-order chi connectivity index (χ0) is 12.1. The molecule has 92 valence electrons. The van der Waals surface area contributed by atoms with Crippen molar-refractivity contribution in [3.05, 3.63) is 35.7 Å². The molecule has 2 rings (SSSR count). The van der Waals surface area contributed by atoms with Gasteiger partial charge in [-0.3, -0.25) is 0 Å². The Morgan fingerprint density at radius 2 is 2.00 bits per heavy atom. The molecule has 0 amide bonds. The number of rotatable bonds is 3. The van der Waals surface area contributed by atoms with Crippen LogP contribution in [0, 0.1) is 5.82 Å². The summed E-state index contributed by atoms with van der Waals surface area (Å²) in [5.41, 5.74) is 6.97. The van der Waals surface area contributed by atoms with Crippen molar-refractivity contribution in [3.8, 4) is 0 Å². The minimum atomic E-state index is -0.133. The van der Waals surface area contributed by atoms with Crippen molar-refractivity contribution < 1.29 is 4.39 Å². The summed E-state index contributed by atoms with van der Waals surface area (Å²) in [5, 5.41) is 0. The molecule has 1 saturated heterocycles. The van der Waals surface area contributed by atoms with Gasteiger partial charge in [-0.2, -0.15) is 0 Å². The van der Waals surface area contributed by atoms with Crippen molar-refractivity contribution in [2.45, 2.75) is 19.3 Å². The van der Waals surface area contributed by atoms with E-state index < -0.39 is 0 Å². The average molecular weight is 234 g/mol. The van der Waals surface area contributed by atoms with Crippen LogP contribution in [0.5, 0.6) is 0 Å². The SMILES string of the molecule is NC/C=C/c1ccc(N2CCCCC2)c(F)c1. The van der Waals surface area contributed by atoms with E-state index in [1.54, 1.807) is 6.07 Å². The monoisotopic (exact) mass is 234 g/mol. The molecule has 0 bridgehead atoms. The number of halogens is 1. The lowest BCUT2D eigenvalue weighted by Gasteiger charge is -2.29. The third-order valence-corrected chi connectivity index (χ3v) is 3.11. The van der Waals surface area contributed by atoms with Crippen LogP contribution in [0.1, 0.15) is 24.8 Å². The van der Waals surface area contributed by atoms with Gasteiger partial charge in [-0.1, -0.05) is 18.2 Å². The zero-order valence-corrected chi connectivity index (χ0v) is 10.0. The first kappa shape index (κ1) is 12.1. The fraction of sp³-hybridized carbons (Fsp3) is 0.429. The fourth-order valence-electron chi connectivity index (χ4n) is 2.22. The van der Waals surface area contributed by atoms with Gasteiger partial charge in [-0.05, 0) is 37.0 Å². The molecule has 0 saturated carbocycles. The van der Waals surface area contributed by atoms with Gasteiger partial charge in [0.15, 0.2) is 0 Å². The highest BCUT2D eigenvalue weighted by molar-refractivity contribution is 5.57. The first-order valence-electron chi connectivity index (χ1n) is 6.22. The Morgan fingerprint density at radius 3 is 2.65 bits per heavy atom. The van der Waals surface area contributed by atoms with Gasteiger partial charge in [-0.15, -0.1) is 0 Å². The number of hydrogen-bond acceptors (Lipinski definition) is 2. The minimum absolute atomic E-state index is 0.133. The maximum atomic E-state index is 14.0. The van der Waals surface area contributed by atoms with Crippen molar-refractivity contribution in [1.82, 2.24) is 0 Å². The normalized spacial score (nSPS) is 16.7. The number of nitrogens with zero attached hydrogens (tertiary/aromatic N) is 1. The molecule has 1 aliphatic heterocycles. The van der Waals surface area contributed by atoms with Gasteiger partial charge in [0, 0.05) is 19.6 Å². The van der Waals surface area contributed by atoms with Crippen molar-refractivity contribution >= 4 is 11.8 Å². The van der Waals surface area contributed by atoms with Crippen LogP contribution in [0.3, 0.4) is 0 Å². The molecule has 0 unspecified atom stereocenters. The second kappa shape index (κ2) is 5.82. The molecule has 0 aromatic heterocycles. The summed E-state index contributed by atoms with van der Waals surface area (Å²) in [6.45, 7) is 2.42. The standard InChI is InChI=1S/C14H19FN2/c15-13-11-12(5-4-8-16)6-7-14(13)17-9-2-1-3-10-17/h4-7,11H,1-3,8-10,16H2/b5-4+. The molecule has 0 atom stereocenters. The van der Waals surface area contributed by atoms with Crippen LogP contribution in [0.15, 0.2) is 24.3 Å². The maximum Gasteiger partial charge on any atom is 0.147 e. The lowest BCUT2D eigenvalue weighted by atomic mass is 10.1. The highest BCUT2D eigenvalue weighted by Gasteiger charge is 2.14. The summed E-state index contributed by atoms with van der Waals surface area (Å²) in [7, 11) is 0. The number of nitrogens with two attached hydrogens (primary N) is 1. The van der Waals surface area contributed by atoms with E-state index in [1.807, 2.05) is 24.3 Å². The molecule has 1 aliphatic rings. The van der Waals surface area contributed by atoms with Crippen LogP contribution in [-0.2, 0) is 0 Å². The second-order valence-electron chi connectivity index (χ2n) is 4.40. The van der Waals surface area contributed by atoms with Crippen molar-refractivity contribution in [3.63, 3.8) is 0 Å². The Hall–Kier alpha value is -1.35. The van der Waals surface area contributed by atoms with E-state index >= 15 is 0 Å². The number of hydrogen-bond donors (Lipinski definition) is 1. The minimum Gasteiger partial charge on any atom is -0.369 e. The summed E-state index contributed by atoms with van der Waals surface area (Å²) in [6.07, 6.45) is 7.26. The molecule has 1 fully saturated rings. The Balaban J connectivity index is 2.15. The van der Waals surface area contributed by atoms with Gasteiger partial charge in [0.1, 0.15) is 5.82 Å². The lowest BCUT2D eigenvalue weighted by Crippen LogP contribution is -2.30. The topological polar surface area (TPSA) is 29.3 Å². The van der Waals surface area contributed by atoms with E-state index in [0.717, 1.165) is 37.2 Å². The molecule has 2 N–H and O–H groups in total. The van der Waals surface area contributed by atoms with Crippen LogP contribution >= 0.6 is 0 Å². The lowest BCUT2D eigenvalue weighted by molar-refractivity contribution is 0.557. The van der Waals surface area contributed by atoms with Crippen LogP contribution < -0.4 is 10.6 Å². The van der Waals surface area contributed by atoms with E-state index in [4.69, 9.17) is 5.73 Å². The highest BCUT2D eigenvalue weighted by atomic mass is 19.1. The van der Waals surface area contributed by atoms with Crippen molar-refractivity contribution in [2.75, 3.05) is 24.5 Å². The van der Waals surface area contributed by atoms with Gasteiger partial charge < -0.3 is 10.6 Å². The summed E-state index contributed by atoms with van der Waals surface area (Å²) in [6, 6.07) is 5.39. The molecule has 1 aromatic rings. The predicted molar refractivity (Wildman–Crippen MR) is 70.6 cm³/mol. The highest BCUT2D eigenvalue weighted by Crippen LogP contribution is 2.24. The molecule has 1 heterocycles. The van der Waals surface area contributed by atoms with Gasteiger partial charge in [0.2, 0.25) is 0 Å². The van der Waals surface area contributed by atoms with Crippen molar-refractivity contribution in [1.29, 1.82) is 0 Å². The third kappa shape index (κ3) is 3.07. The van der Waals surface area contributed by atoms with Crippen LogP contribution in [0.25, 0.3) is 6.08 Å². The summed E-state index contributed by atoms with van der Waals surface area (Å²) in [4.78, 5) is 2.13. The van der Waals surface area contributed by atoms with Gasteiger partial charge in [0.05, 0.1) is 5.69 Å². The molecular formula is C14H19FN2. The number of piperidine rings is 1. The van der Waals surface area contributed by atoms with Gasteiger partial charge >= 0.3 is 0 Å². The molecule has 17 heavy (non-hydrogen) atoms. The van der Waals surface area contributed by atoms with E-state index in [0.29, 0.717) is 6.54 Å². The van der Waals surface area contributed by atoms with Crippen LogP contribution in [0.4, 0.5) is 10.1 Å². The summed E-state index contributed by atoms with van der Waals surface area (Å²) >= 11 is 0. The Morgan fingerprint density at radius 1 is 1.24 bits per heavy atom. The molecule has 0 spiro atoms. The van der Waals surface area contributed by atoms with E-state index in [-0.39, 0.29) is 5.82 Å². The molecule has 0 radical (unpaired) electrons. The van der Waals surface area contributed by atoms with E-state index in [2.05, 4.69) is 4.90 Å². The maximum absolute atomic E-state index is 14.0. The quantitative estimate of drug-likeness (QED) is 0.871.